The molecule has 1 unspecified atom stereocenters. The fourth-order valence-electron chi connectivity index (χ4n) is 3.86. The second kappa shape index (κ2) is 9.26. The highest BCUT2D eigenvalue weighted by molar-refractivity contribution is 5.61. The highest BCUT2D eigenvalue weighted by Gasteiger charge is 2.14. The number of morpholine rings is 1. The van der Waals surface area contributed by atoms with Gasteiger partial charge in [-0.15, -0.1) is 0 Å². The number of benzene rings is 3. The highest BCUT2D eigenvalue weighted by Crippen LogP contribution is 2.27. The van der Waals surface area contributed by atoms with Gasteiger partial charge in [-0.25, -0.2) is 15.0 Å². The van der Waals surface area contributed by atoms with Crippen LogP contribution in [0.5, 0.6) is 0 Å². The predicted molar refractivity (Wildman–Crippen MR) is 124 cm³/mol. The van der Waals surface area contributed by atoms with E-state index in [1.54, 1.807) is 0 Å². The average Bonchev–Trinajstić information content (AvgIpc) is 2.89. The quantitative estimate of drug-likeness (QED) is 0.520. The lowest BCUT2D eigenvalue weighted by Gasteiger charge is -2.29. The molecule has 0 aliphatic carbocycles. The molecule has 1 N–H and O–H groups in total. The van der Waals surface area contributed by atoms with Crippen molar-refractivity contribution in [3.63, 3.8) is 0 Å². The Kier molecular flexibility index (Phi) is 5.87. The first-order chi connectivity index (χ1) is 15.8. The summed E-state index contributed by atoms with van der Waals surface area (Å²) >= 11 is 0. The lowest BCUT2D eigenvalue weighted by molar-refractivity contribution is 0.122. The molecule has 1 atom stereocenters. The number of anilines is 1. The van der Waals surface area contributed by atoms with E-state index in [-0.39, 0.29) is 0 Å². The lowest BCUT2D eigenvalue weighted by atomic mass is 10.00. The summed E-state index contributed by atoms with van der Waals surface area (Å²) in [4.78, 5) is 15.5. The van der Waals surface area contributed by atoms with Crippen molar-refractivity contribution in [2.45, 2.75) is 6.10 Å². The fourth-order valence-corrected chi connectivity index (χ4v) is 3.86. The van der Waals surface area contributed by atoms with Crippen molar-refractivity contribution in [1.82, 2.24) is 15.0 Å². The first-order valence-corrected chi connectivity index (χ1v) is 10.7. The summed E-state index contributed by atoms with van der Waals surface area (Å²) < 4.78 is 5.42. The number of ether oxygens (including phenoxy) is 1. The van der Waals surface area contributed by atoms with Gasteiger partial charge in [-0.2, -0.15) is 0 Å². The molecule has 5 rings (SSSR count). The van der Waals surface area contributed by atoms with E-state index >= 15 is 0 Å². The number of aromatic nitrogens is 3. The molecule has 6 heteroatoms. The summed E-state index contributed by atoms with van der Waals surface area (Å²) in [5.41, 5.74) is 4.67. The normalized spacial score (nSPS) is 14.8. The minimum Gasteiger partial charge on any atom is -0.384 e. The maximum atomic E-state index is 10.9. The molecule has 1 aliphatic heterocycles. The molecule has 0 radical (unpaired) electrons. The Hall–Kier alpha value is -3.61. The van der Waals surface area contributed by atoms with Crippen molar-refractivity contribution >= 4 is 5.69 Å². The average molecular weight is 425 g/mol. The second-order valence-electron chi connectivity index (χ2n) is 7.71. The van der Waals surface area contributed by atoms with Gasteiger partial charge in [0.25, 0.3) is 0 Å². The number of rotatable bonds is 5. The molecule has 1 aromatic heterocycles. The zero-order valence-electron chi connectivity index (χ0n) is 17.6. The van der Waals surface area contributed by atoms with Gasteiger partial charge in [-0.3, -0.25) is 0 Å². The fraction of sp³-hybridized carbons (Fsp3) is 0.192. The minimum absolute atomic E-state index is 0.606. The summed E-state index contributed by atoms with van der Waals surface area (Å²) in [5, 5.41) is 10.9. The number of hydrogen-bond acceptors (Lipinski definition) is 6. The van der Waals surface area contributed by atoms with E-state index in [9.17, 15) is 5.11 Å². The third-order valence-electron chi connectivity index (χ3n) is 5.67. The number of nitrogens with zero attached hydrogens (tertiary/aromatic N) is 4. The number of aliphatic hydroxyl groups is 1. The smallest absolute Gasteiger partial charge is 0.163 e. The van der Waals surface area contributed by atoms with Gasteiger partial charge in [0.15, 0.2) is 11.6 Å². The molecule has 3 aromatic carbocycles. The van der Waals surface area contributed by atoms with Crippen LogP contribution in [-0.4, -0.2) is 46.4 Å². The Bertz CT molecular complexity index is 1160. The van der Waals surface area contributed by atoms with E-state index in [0.29, 0.717) is 11.6 Å². The van der Waals surface area contributed by atoms with Crippen LogP contribution in [0.15, 0.2) is 85.2 Å². The van der Waals surface area contributed by atoms with Crippen LogP contribution in [-0.2, 0) is 4.74 Å². The minimum atomic E-state index is -0.693. The van der Waals surface area contributed by atoms with Crippen molar-refractivity contribution in [2.24, 2.45) is 0 Å². The molecule has 160 valence electrons. The van der Waals surface area contributed by atoms with E-state index < -0.39 is 6.10 Å². The standard InChI is InChI=1S/C26H24N4O2/c31-24(20-10-12-23(13-11-20)30-14-16-32-17-15-30)19-6-8-22(9-7-19)26-28-18-27-25(29-26)21-4-2-1-3-5-21/h1-13,18,24,31H,14-17H2. The molecule has 32 heavy (non-hydrogen) atoms. The maximum Gasteiger partial charge on any atom is 0.163 e. The van der Waals surface area contributed by atoms with Crippen molar-refractivity contribution in [3.8, 4) is 22.8 Å². The lowest BCUT2D eigenvalue weighted by Crippen LogP contribution is -2.36. The highest BCUT2D eigenvalue weighted by atomic mass is 16.5. The van der Waals surface area contributed by atoms with Crippen LogP contribution in [0.4, 0.5) is 5.69 Å². The topological polar surface area (TPSA) is 71.4 Å². The van der Waals surface area contributed by atoms with Crippen LogP contribution in [0.25, 0.3) is 22.8 Å². The van der Waals surface area contributed by atoms with Gasteiger partial charge in [0.1, 0.15) is 12.4 Å². The van der Waals surface area contributed by atoms with E-state index in [4.69, 9.17) is 4.74 Å². The molecule has 0 amide bonds. The van der Waals surface area contributed by atoms with Gasteiger partial charge in [0, 0.05) is 29.9 Å². The van der Waals surface area contributed by atoms with E-state index in [0.717, 1.165) is 54.2 Å². The van der Waals surface area contributed by atoms with E-state index in [1.807, 2.05) is 66.7 Å². The van der Waals surface area contributed by atoms with Crippen molar-refractivity contribution < 1.29 is 9.84 Å². The molecule has 2 heterocycles. The first kappa shape index (κ1) is 20.3. The molecule has 1 fully saturated rings. The molecule has 4 aromatic rings. The van der Waals surface area contributed by atoms with Crippen LogP contribution < -0.4 is 4.90 Å². The Morgan fingerprint density at radius 3 is 1.91 bits per heavy atom. The molecule has 0 saturated carbocycles. The summed E-state index contributed by atoms with van der Waals surface area (Å²) in [6.07, 6.45) is 0.838. The van der Waals surface area contributed by atoms with Crippen molar-refractivity contribution in [3.05, 3.63) is 96.3 Å². The van der Waals surface area contributed by atoms with Gasteiger partial charge in [-0.1, -0.05) is 66.7 Å². The van der Waals surface area contributed by atoms with Gasteiger partial charge in [0.2, 0.25) is 0 Å². The number of aliphatic hydroxyl groups excluding tert-OH is 1. The Morgan fingerprint density at radius 2 is 1.28 bits per heavy atom. The molecule has 1 aliphatic rings. The summed E-state index contributed by atoms with van der Waals surface area (Å²) in [6, 6.07) is 25.6. The molecular weight excluding hydrogens is 400 g/mol. The third-order valence-corrected chi connectivity index (χ3v) is 5.67. The maximum absolute atomic E-state index is 10.9. The van der Waals surface area contributed by atoms with E-state index in [1.165, 1.54) is 6.33 Å². The van der Waals surface area contributed by atoms with Gasteiger partial charge >= 0.3 is 0 Å². The Balaban J connectivity index is 1.32. The Morgan fingerprint density at radius 1 is 0.719 bits per heavy atom. The molecule has 6 nitrogen and oxygen atoms in total. The van der Waals surface area contributed by atoms with E-state index in [2.05, 4.69) is 32.0 Å². The monoisotopic (exact) mass is 424 g/mol. The predicted octanol–water partition coefficient (Wildman–Crippen LogP) is 4.12. The zero-order chi connectivity index (χ0) is 21.8. The molecule has 0 spiro atoms. The van der Waals surface area contributed by atoms with Crippen LogP contribution in [0.1, 0.15) is 17.2 Å². The summed E-state index contributed by atoms with van der Waals surface area (Å²) in [5.74, 6) is 1.25. The SMILES string of the molecule is OC(c1ccc(-c2ncnc(-c3ccccc3)n2)cc1)c1ccc(N2CCOCC2)cc1. The third kappa shape index (κ3) is 4.37. The van der Waals surface area contributed by atoms with Crippen LogP contribution in [0.3, 0.4) is 0 Å². The molecule has 0 bridgehead atoms. The van der Waals surface area contributed by atoms with Crippen LogP contribution in [0, 0.1) is 0 Å². The summed E-state index contributed by atoms with van der Waals surface area (Å²) in [6.45, 7) is 3.30. The molecule has 1 saturated heterocycles. The second-order valence-corrected chi connectivity index (χ2v) is 7.71. The van der Waals surface area contributed by atoms with Crippen LogP contribution in [0.2, 0.25) is 0 Å². The Labute approximate surface area is 187 Å². The summed E-state index contributed by atoms with van der Waals surface area (Å²) in [7, 11) is 0. The van der Waals surface area contributed by atoms with Crippen molar-refractivity contribution in [2.75, 3.05) is 31.2 Å². The van der Waals surface area contributed by atoms with Gasteiger partial charge < -0.3 is 14.7 Å². The van der Waals surface area contributed by atoms with Crippen molar-refractivity contribution in [1.29, 1.82) is 0 Å². The van der Waals surface area contributed by atoms with Gasteiger partial charge in [-0.05, 0) is 23.3 Å². The first-order valence-electron chi connectivity index (χ1n) is 10.7. The molecular formula is C26H24N4O2. The van der Waals surface area contributed by atoms with Crippen LogP contribution >= 0.6 is 0 Å². The largest absolute Gasteiger partial charge is 0.384 e. The number of hydrogen-bond donors (Lipinski definition) is 1. The zero-order valence-corrected chi connectivity index (χ0v) is 17.6. The van der Waals surface area contributed by atoms with Gasteiger partial charge in [0.05, 0.1) is 13.2 Å².